The maximum atomic E-state index is 13.0. The van der Waals surface area contributed by atoms with Crippen molar-refractivity contribution in [3.05, 3.63) is 82.4 Å². The first-order valence-electron chi connectivity index (χ1n) is 10.0. The summed E-state index contributed by atoms with van der Waals surface area (Å²) in [7, 11) is -6.16. The smallest absolute Gasteiger partial charge is 0.263 e. The Hall–Kier alpha value is -3.08. The number of halogens is 1. The summed E-state index contributed by atoms with van der Waals surface area (Å²) < 4.78 is 53.3. The zero-order valence-corrected chi connectivity index (χ0v) is 21.3. The second-order valence-corrected chi connectivity index (χ2v) is 11.9. The molecule has 0 bridgehead atoms. The van der Waals surface area contributed by atoms with E-state index in [0.717, 1.165) is 21.7 Å². The van der Waals surface area contributed by atoms with Gasteiger partial charge in [0.1, 0.15) is 4.90 Å². The number of rotatable bonds is 7. The van der Waals surface area contributed by atoms with Crippen molar-refractivity contribution in [2.75, 3.05) is 27.6 Å². The molecular formula is C23H24ClN3O5S2. The second-order valence-electron chi connectivity index (χ2n) is 7.80. The van der Waals surface area contributed by atoms with Crippen molar-refractivity contribution in [2.45, 2.75) is 18.7 Å². The van der Waals surface area contributed by atoms with E-state index in [0.29, 0.717) is 17.1 Å². The number of carbonyl (C=O) groups excluding carboxylic acids is 1. The SMILES string of the molecule is Cc1ccc(C)c(NS(=O)(=O)c2cc(C(=O)Nc3cccc(N(C)S(C)(=O)=O)c3)ccc2Cl)c1. The average molecular weight is 522 g/mol. The summed E-state index contributed by atoms with van der Waals surface area (Å²) in [5, 5.41) is 2.61. The summed E-state index contributed by atoms with van der Waals surface area (Å²) in [6.45, 7) is 3.62. The van der Waals surface area contributed by atoms with E-state index in [1.165, 1.54) is 31.3 Å². The zero-order chi connectivity index (χ0) is 25.3. The Morgan fingerprint density at radius 3 is 2.32 bits per heavy atom. The molecule has 3 aromatic carbocycles. The molecule has 0 aliphatic carbocycles. The Labute approximate surface area is 204 Å². The summed E-state index contributed by atoms with van der Waals surface area (Å²) in [6.07, 6.45) is 1.07. The number of benzene rings is 3. The van der Waals surface area contributed by atoms with Gasteiger partial charge in [-0.2, -0.15) is 0 Å². The molecule has 8 nitrogen and oxygen atoms in total. The fourth-order valence-corrected chi connectivity index (χ4v) is 5.22. The van der Waals surface area contributed by atoms with Gasteiger partial charge in [-0.15, -0.1) is 0 Å². The summed E-state index contributed by atoms with van der Waals surface area (Å²) in [4.78, 5) is 12.6. The molecule has 0 fully saturated rings. The molecule has 180 valence electrons. The van der Waals surface area contributed by atoms with E-state index in [1.807, 2.05) is 13.0 Å². The molecule has 11 heteroatoms. The third-order valence-electron chi connectivity index (χ3n) is 5.09. The average Bonchev–Trinajstić information content (AvgIpc) is 2.75. The van der Waals surface area contributed by atoms with Crippen molar-refractivity contribution >= 4 is 54.6 Å². The Morgan fingerprint density at radius 2 is 1.65 bits per heavy atom. The lowest BCUT2D eigenvalue weighted by Gasteiger charge is -2.17. The summed E-state index contributed by atoms with van der Waals surface area (Å²) in [6, 6.07) is 15.6. The first-order chi connectivity index (χ1) is 15.8. The van der Waals surface area contributed by atoms with Crippen LogP contribution in [0.2, 0.25) is 5.02 Å². The van der Waals surface area contributed by atoms with Crippen LogP contribution in [0.15, 0.2) is 65.6 Å². The fraction of sp³-hybridized carbons (Fsp3) is 0.174. The van der Waals surface area contributed by atoms with Gasteiger partial charge >= 0.3 is 0 Å². The molecule has 3 rings (SSSR count). The fourth-order valence-electron chi connectivity index (χ4n) is 3.07. The standard InChI is InChI=1S/C23H24ClN3O5S2/c1-15-8-9-16(2)21(12-15)26-34(31,32)22-13-17(10-11-20(22)24)23(28)25-18-6-5-7-19(14-18)27(3)33(4,29)30/h5-14,26H,1-4H3,(H,25,28). The van der Waals surface area contributed by atoms with Crippen LogP contribution in [0.4, 0.5) is 17.1 Å². The van der Waals surface area contributed by atoms with Crippen LogP contribution in [0, 0.1) is 13.8 Å². The van der Waals surface area contributed by atoms with Crippen LogP contribution in [0.25, 0.3) is 0 Å². The van der Waals surface area contributed by atoms with Gasteiger partial charge in [0, 0.05) is 18.3 Å². The number of sulfonamides is 2. The monoisotopic (exact) mass is 521 g/mol. The van der Waals surface area contributed by atoms with Crippen LogP contribution in [0.3, 0.4) is 0 Å². The molecule has 0 unspecified atom stereocenters. The van der Waals surface area contributed by atoms with Crippen LogP contribution < -0.4 is 14.3 Å². The largest absolute Gasteiger partial charge is 0.322 e. The molecule has 0 aliphatic heterocycles. The lowest BCUT2D eigenvalue weighted by atomic mass is 10.1. The van der Waals surface area contributed by atoms with Crippen molar-refractivity contribution in [2.24, 2.45) is 0 Å². The van der Waals surface area contributed by atoms with Crippen molar-refractivity contribution in [3.63, 3.8) is 0 Å². The number of anilines is 3. The van der Waals surface area contributed by atoms with E-state index in [1.54, 1.807) is 37.3 Å². The lowest BCUT2D eigenvalue weighted by molar-refractivity contribution is 0.102. The molecule has 0 radical (unpaired) electrons. The highest BCUT2D eigenvalue weighted by Crippen LogP contribution is 2.27. The number of hydrogen-bond donors (Lipinski definition) is 2. The first-order valence-corrected chi connectivity index (χ1v) is 13.7. The summed E-state index contributed by atoms with van der Waals surface area (Å²) in [5.74, 6) is -0.584. The van der Waals surface area contributed by atoms with Gasteiger partial charge in [0.05, 0.1) is 22.7 Å². The molecule has 3 aromatic rings. The maximum absolute atomic E-state index is 13.0. The second kappa shape index (κ2) is 9.65. The van der Waals surface area contributed by atoms with Gasteiger partial charge in [-0.1, -0.05) is 29.8 Å². The molecular weight excluding hydrogens is 498 g/mol. The summed E-state index contributed by atoms with van der Waals surface area (Å²) >= 11 is 6.17. The predicted molar refractivity (Wildman–Crippen MR) is 136 cm³/mol. The summed E-state index contributed by atoms with van der Waals surface area (Å²) in [5.41, 5.74) is 2.79. The number of carbonyl (C=O) groups is 1. The van der Waals surface area contributed by atoms with Gasteiger partial charge in [0.15, 0.2) is 0 Å². The van der Waals surface area contributed by atoms with Gasteiger partial charge in [0.2, 0.25) is 10.0 Å². The van der Waals surface area contributed by atoms with Gasteiger partial charge in [-0.3, -0.25) is 13.8 Å². The van der Waals surface area contributed by atoms with Crippen molar-refractivity contribution in [3.8, 4) is 0 Å². The van der Waals surface area contributed by atoms with Crippen LogP contribution in [0.5, 0.6) is 0 Å². The number of aryl methyl sites for hydroxylation is 2. The first kappa shape index (κ1) is 25.5. The molecule has 0 saturated carbocycles. The van der Waals surface area contributed by atoms with Gasteiger partial charge in [-0.05, 0) is 67.4 Å². The quantitative estimate of drug-likeness (QED) is 0.478. The highest BCUT2D eigenvalue weighted by molar-refractivity contribution is 7.93. The Kier molecular flexibility index (Phi) is 7.25. The Morgan fingerprint density at radius 1 is 0.941 bits per heavy atom. The van der Waals surface area contributed by atoms with Crippen molar-refractivity contribution in [1.82, 2.24) is 0 Å². The molecule has 34 heavy (non-hydrogen) atoms. The minimum Gasteiger partial charge on any atom is -0.322 e. The zero-order valence-electron chi connectivity index (χ0n) is 19.0. The predicted octanol–water partition coefficient (Wildman–Crippen LogP) is 4.41. The molecule has 0 heterocycles. The number of nitrogens with zero attached hydrogens (tertiary/aromatic N) is 1. The third-order valence-corrected chi connectivity index (χ3v) is 8.14. The van der Waals surface area contributed by atoms with Gasteiger partial charge < -0.3 is 5.32 Å². The maximum Gasteiger partial charge on any atom is 0.263 e. The molecule has 0 atom stereocenters. The highest BCUT2D eigenvalue weighted by Gasteiger charge is 2.21. The highest BCUT2D eigenvalue weighted by atomic mass is 35.5. The third kappa shape index (κ3) is 5.88. The topological polar surface area (TPSA) is 113 Å². The minimum atomic E-state index is -4.08. The van der Waals surface area contributed by atoms with Crippen LogP contribution in [-0.2, 0) is 20.0 Å². The molecule has 0 aliphatic rings. The van der Waals surface area contributed by atoms with Crippen molar-refractivity contribution in [1.29, 1.82) is 0 Å². The van der Waals surface area contributed by atoms with E-state index >= 15 is 0 Å². The number of hydrogen-bond acceptors (Lipinski definition) is 5. The van der Waals surface area contributed by atoms with E-state index in [9.17, 15) is 21.6 Å². The Balaban J connectivity index is 1.89. The van der Waals surface area contributed by atoms with Crippen LogP contribution in [0.1, 0.15) is 21.5 Å². The number of amides is 1. The molecule has 2 N–H and O–H groups in total. The van der Waals surface area contributed by atoms with Gasteiger partial charge in [0.25, 0.3) is 15.9 Å². The normalized spacial score (nSPS) is 11.7. The lowest BCUT2D eigenvalue weighted by Crippen LogP contribution is -2.24. The van der Waals surface area contributed by atoms with E-state index in [2.05, 4.69) is 10.0 Å². The van der Waals surface area contributed by atoms with E-state index < -0.39 is 26.0 Å². The van der Waals surface area contributed by atoms with Crippen LogP contribution in [-0.4, -0.2) is 36.0 Å². The molecule has 0 saturated heterocycles. The molecule has 1 amide bonds. The van der Waals surface area contributed by atoms with Gasteiger partial charge in [-0.25, -0.2) is 16.8 Å². The Bertz CT molecular complexity index is 1470. The molecule has 0 aromatic heterocycles. The van der Waals surface area contributed by atoms with E-state index in [-0.39, 0.29) is 15.5 Å². The van der Waals surface area contributed by atoms with Crippen LogP contribution >= 0.6 is 11.6 Å². The van der Waals surface area contributed by atoms with Crippen molar-refractivity contribution < 1.29 is 21.6 Å². The number of nitrogens with one attached hydrogen (secondary N) is 2. The van der Waals surface area contributed by atoms with E-state index in [4.69, 9.17) is 11.6 Å². The minimum absolute atomic E-state index is 0.0360. The molecule has 0 spiro atoms.